The lowest BCUT2D eigenvalue weighted by Gasteiger charge is -2.22. The van der Waals surface area contributed by atoms with Crippen LogP contribution >= 0.6 is 0 Å². The Balaban J connectivity index is 2.35. The number of nitrogens with zero attached hydrogens (tertiary/aromatic N) is 1. The van der Waals surface area contributed by atoms with Crippen molar-refractivity contribution in [2.24, 2.45) is 0 Å². The van der Waals surface area contributed by atoms with Crippen LogP contribution in [0.1, 0.15) is 72.8 Å². The highest BCUT2D eigenvalue weighted by molar-refractivity contribution is 5.99. The fourth-order valence-electron chi connectivity index (χ4n) is 3.41. The molecule has 5 heteroatoms. The van der Waals surface area contributed by atoms with Crippen LogP contribution in [0, 0.1) is 5.82 Å². The molecule has 4 nitrogen and oxygen atoms in total. The number of carbonyl (C=O) groups is 1. The lowest BCUT2D eigenvalue weighted by molar-refractivity contribution is 0.0524. The van der Waals surface area contributed by atoms with Crippen molar-refractivity contribution in [1.29, 1.82) is 0 Å². The maximum atomic E-state index is 13.5. The smallest absolute Gasteiger partial charge is 0.340 e. The maximum Gasteiger partial charge on any atom is 0.340 e. The second-order valence-corrected chi connectivity index (χ2v) is 7.20. The molecule has 1 aromatic carbocycles. The van der Waals surface area contributed by atoms with Gasteiger partial charge in [0.15, 0.2) is 0 Å². The molecule has 0 unspecified atom stereocenters. The molecule has 2 aromatic rings. The van der Waals surface area contributed by atoms with Gasteiger partial charge >= 0.3 is 5.97 Å². The Kier molecular flexibility index (Phi) is 5.90. The predicted molar refractivity (Wildman–Crippen MR) is 102 cm³/mol. The summed E-state index contributed by atoms with van der Waals surface area (Å²) in [5.41, 5.74) is 4.63. The second-order valence-electron chi connectivity index (χ2n) is 7.20. The molecule has 0 spiro atoms. The lowest BCUT2D eigenvalue weighted by Crippen LogP contribution is -2.17. The molecule has 1 saturated carbocycles. The van der Waals surface area contributed by atoms with Crippen molar-refractivity contribution in [2.45, 2.75) is 52.1 Å². The van der Waals surface area contributed by atoms with Crippen molar-refractivity contribution in [3.8, 4) is 11.1 Å². The Morgan fingerprint density at radius 1 is 1.26 bits per heavy atom. The van der Waals surface area contributed by atoms with Crippen molar-refractivity contribution in [3.05, 3.63) is 52.6 Å². The van der Waals surface area contributed by atoms with Gasteiger partial charge in [-0.25, -0.2) is 9.18 Å². The molecule has 1 heterocycles. The number of benzene rings is 1. The van der Waals surface area contributed by atoms with E-state index in [4.69, 9.17) is 14.5 Å². The van der Waals surface area contributed by atoms with Gasteiger partial charge in [-0.3, -0.25) is 4.98 Å². The average Bonchev–Trinajstić information content (AvgIpc) is 3.47. The molecule has 1 aliphatic rings. The Hall–Kier alpha value is -2.27. The number of carbonyl (C=O) groups excluding carboxylic acids is 1. The fraction of sp³-hybridized carbons (Fsp3) is 0.455. The molecule has 27 heavy (non-hydrogen) atoms. The van der Waals surface area contributed by atoms with E-state index in [2.05, 4.69) is 0 Å². The first-order valence-corrected chi connectivity index (χ1v) is 9.46. The quantitative estimate of drug-likeness (QED) is 0.627. The number of hydrogen-bond donors (Lipinski definition) is 0. The van der Waals surface area contributed by atoms with Crippen molar-refractivity contribution in [2.75, 3.05) is 13.7 Å². The molecule has 1 fully saturated rings. The van der Waals surface area contributed by atoms with Crippen molar-refractivity contribution in [3.63, 3.8) is 0 Å². The van der Waals surface area contributed by atoms with Gasteiger partial charge < -0.3 is 9.47 Å². The van der Waals surface area contributed by atoms with E-state index in [9.17, 15) is 9.18 Å². The normalized spacial score (nSPS) is 13.9. The zero-order valence-electron chi connectivity index (χ0n) is 16.3. The van der Waals surface area contributed by atoms with Gasteiger partial charge in [0, 0.05) is 29.8 Å². The molecular formula is C22H26FNO3. The van der Waals surface area contributed by atoms with Crippen molar-refractivity contribution in [1.82, 2.24) is 4.98 Å². The molecule has 1 aliphatic carbocycles. The standard InChI is InChI=1S/C22H26FNO3/c1-5-27-22(25)19-18(14-8-10-16(23)11-9-14)17(12-26-4)21(15-6-7-15)24-20(19)13(2)3/h8-11,13,15H,5-7,12H2,1-4H3. The summed E-state index contributed by atoms with van der Waals surface area (Å²) in [7, 11) is 1.63. The van der Waals surface area contributed by atoms with Crippen LogP contribution in [0.15, 0.2) is 24.3 Å². The Bertz CT molecular complexity index is 826. The Morgan fingerprint density at radius 2 is 1.93 bits per heavy atom. The van der Waals surface area contributed by atoms with Gasteiger partial charge in [0.25, 0.3) is 0 Å². The molecule has 0 atom stereocenters. The molecule has 0 radical (unpaired) electrons. The Morgan fingerprint density at radius 3 is 2.44 bits per heavy atom. The fourth-order valence-corrected chi connectivity index (χ4v) is 3.41. The first kappa shape index (κ1) is 19.5. The summed E-state index contributed by atoms with van der Waals surface area (Å²) in [5.74, 6) is -0.265. The highest BCUT2D eigenvalue weighted by Gasteiger charge is 2.34. The summed E-state index contributed by atoms with van der Waals surface area (Å²) < 4.78 is 24.3. The molecule has 144 valence electrons. The van der Waals surface area contributed by atoms with Gasteiger partial charge in [-0.05, 0) is 43.4 Å². The first-order chi connectivity index (χ1) is 13.0. The number of hydrogen-bond acceptors (Lipinski definition) is 4. The third kappa shape index (κ3) is 4.03. The number of methoxy groups -OCH3 is 1. The van der Waals surface area contributed by atoms with Gasteiger partial charge in [-0.15, -0.1) is 0 Å². The van der Waals surface area contributed by atoms with Crippen LogP contribution in [0.25, 0.3) is 11.1 Å². The largest absolute Gasteiger partial charge is 0.462 e. The summed E-state index contributed by atoms with van der Waals surface area (Å²) in [5, 5.41) is 0. The third-order valence-electron chi connectivity index (χ3n) is 4.77. The SMILES string of the molecule is CCOC(=O)c1c(C(C)C)nc(C2CC2)c(COC)c1-c1ccc(F)cc1. The van der Waals surface area contributed by atoms with Gasteiger partial charge in [0.05, 0.1) is 24.5 Å². The monoisotopic (exact) mass is 371 g/mol. The van der Waals surface area contributed by atoms with Crippen LogP contribution in [0.2, 0.25) is 0 Å². The van der Waals surface area contributed by atoms with E-state index >= 15 is 0 Å². The van der Waals surface area contributed by atoms with Crippen LogP contribution in [-0.4, -0.2) is 24.7 Å². The highest BCUT2D eigenvalue weighted by Crippen LogP contribution is 2.45. The van der Waals surface area contributed by atoms with Crippen LogP contribution in [0.3, 0.4) is 0 Å². The van der Waals surface area contributed by atoms with Crippen LogP contribution in [-0.2, 0) is 16.1 Å². The number of halogens is 1. The summed E-state index contributed by atoms with van der Waals surface area (Å²) in [6.07, 6.45) is 2.17. The number of esters is 1. The summed E-state index contributed by atoms with van der Waals surface area (Å²) in [4.78, 5) is 17.8. The zero-order valence-corrected chi connectivity index (χ0v) is 16.3. The van der Waals surface area contributed by atoms with Crippen LogP contribution < -0.4 is 0 Å². The predicted octanol–water partition coefficient (Wildman–Crippen LogP) is 5.21. The minimum Gasteiger partial charge on any atom is -0.462 e. The average molecular weight is 371 g/mol. The molecule has 1 aromatic heterocycles. The third-order valence-corrected chi connectivity index (χ3v) is 4.77. The summed E-state index contributed by atoms with van der Waals surface area (Å²) in [6.45, 7) is 6.45. The summed E-state index contributed by atoms with van der Waals surface area (Å²) >= 11 is 0. The van der Waals surface area contributed by atoms with Crippen molar-refractivity contribution >= 4 is 5.97 Å². The molecule has 3 rings (SSSR count). The molecule has 0 aliphatic heterocycles. The van der Waals surface area contributed by atoms with Gasteiger partial charge in [0.2, 0.25) is 0 Å². The van der Waals surface area contributed by atoms with Gasteiger partial charge in [-0.2, -0.15) is 0 Å². The minimum atomic E-state index is -0.396. The molecule has 0 saturated heterocycles. The van der Waals surface area contributed by atoms with Gasteiger partial charge in [0.1, 0.15) is 5.82 Å². The van der Waals surface area contributed by atoms with E-state index in [1.807, 2.05) is 13.8 Å². The highest BCUT2D eigenvalue weighted by atomic mass is 19.1. The van der Waals surface area contributed by atoms with Crippen LogP contribution in [0.5, 0.6) is 0 Å². The number of aromatic nitrogens is 1. The summed E-state index contributed by atoms with van der Waals surface area (Å²) in [6, 6.07) is 6.22. The molecule has 0 N–H and O–H groups in total. The maximum absolute atomic E-state index is 13.5. The minimum absolute atomic E-state index is 0.0534. The van der Waals surface area contributed by atoms with E-state index in [0.717, 1.165) is 40.9 Å². The van der Waals surface area contributed by atoms with E-state index in [1.165, 1.54) is 12.1 Å². The lowest BCUT2D eigenvalue weighted by atomic mass is 9.88. The van der Waals surface area contributed by atoms with E-state index in [1.54, 1.807) is 26.2 Å². The van der Waals surface area contributed by atoms with E-state index < -0.39 is 5.97 Å². The zero-order chi connectivity index (χ0) is 19.6. The van der Waals surface area contributed by atoms with E-state index in [-0.39, 0.29) is 18.3 Å². The molecule has 0 bridgehead atoms. The number of rotatable bonds is 7. The Labute approximate surface area is 159 Å². The molecular weight excluding hydrogens is 345 g/mol. The van der Waals surface area contributed by atoms with E-state index in [0.29, 0.717) is 18.1 Å². The topological polar surface area (TPSA) is 48.4 Å². The number of pyridine rings is 1. The first-order valence-electron chi connectivity index (χ1n) is 9.46. The second kappa shape index (κ2) is 8.17. The number of ether oxygens (including phenoxy) is 2. The van der Waals surface area contributed by atoms with Crippen LogP contribution in [0.4, 0.5) is 4.39 Å². The van der Waals surface area contributed by atoms with Gasteiger partial charge in [-0.1, -0.05) is 26.0 Å². The van der Waals surface area contributed by atoms with Crippen molar-refractivity contribution < 1.29 is 18.7 Å². The molecule has 0 amide bonds.